The number of rotatable bonds is 5. The van der Waals surface area contributed by atoms with E-state index in [1.54, 1.807) is 0 Å². The van der Waals surface area contributed by atoms with Crippen LogP contribution in [0.5, 0.6) is 11.5 Å². The van der Waals surface area contributed by atoms with Gasteiger partial charge < -0.3 is 25.3 Å². The first-order chi connectivity index (χ1) is 9.16. The maximum atomic E-state index is 10.4. The molecule has 0 unspecified atom stereocenters. The number of hydrogen-bond acceptors (Lipinski definition) is 5. The zero-order valence-electron chi connectivity index (χ0n) is 10.3. The Bertz CT molecular complexity index is 467. The monoisotopic (exact) mass is 330 g/mol. The molecule has 0 atom stereocenters. The van der Waals surface area contributed by atoms with Crippen molar-refractivity contribution in [2.24, 2.45) is 5.73 Å². The van der Waals surface area contributed by atoms with Crippen molar-refractivity contribution >= 4 is 22.0 Å². The van der Waals surface area contributed by atoms with Crippen LogP contribution in [0.1, 0.15) is 5.56 Å². The molecule has 1 aromatic rings. The molecule has 0 bridgehead atoms. The van der Waals surface area contributed by atoms with E-state index in [1.165, 1.54) is 0 Å². The van der Waals surface area contributed by atoms with Crippen LogP contribution in [0.2, 0.25) is 0 Å². The van der Waals surface area contributed by atoms with Crippen LogP contribution in [0, 0.1) is 0 Å². The van der Waals surface area contributed by atoms with Gasteiger partial charge in [0.15, 0.2) is 11.5 Å². The Kier molecular flexibility index (Phi) is 4.86. The molecule has 0 saturated carbocycles. The predicted octanol–water partition coefficient (Wildman–Crippen LogP) is 1.41. The van der Waals surface area contributed by atoms with Gasteiger partial charge >= 0.3 is 6.09 Å². The Morgan fingerprint density at radius 2 is 2.21 bits per heavy atom. The molecular formula is C12H15BrN2O4. The summed E-state index contributed by atoms with van der Waals surface area (Å²) >= 11 is 3.46. The van der Waals surface area contributed by atoms with E-state index in [0.717, 1.165) is 21.5 Å². The number of ether oxygens (including phenoxy) is 3. The van der Waals surface area contributed by atoms with Crippen molar-refractivity contribution in [2.45, 2.75) is 6.54 Å². The van der Waals surface area contributed by atoms with Gasteiger partial charge in [-0.05, 0) is 33.6 Å². The van der Waals surface area contributed by atoms with Crippen molar-refractivity contribution in [3.63, 3.8) is 0 Å². The van der Waals surface area contributed by atoms with Crippen LogP contribution in [-0.2, 0) is 11.3 Å². The van der Waals surface area contributed by atoms with E-state index in [4.69, 9.17) is 15.2 Å². The summed E-state index contributed by atoms with van der Waals surface area (Å²) < 4.78 is 16.5. The molecule has 1 amide bonds. The van der Waals surface area contributed by atoms with E-state index in [-0.39, 0.29) is 6.61 Å². The van der Waals surface area contributed by atoms with Crippen molar-refractivity contribution in [1.29, 1.82) is 0 Å². The topological polar surface area (TPSA) is 82.8 Å². The van der Waals surface area contributed by atoms with Crippen LogP contribution < -0.4 is 20.5 Å². The van der Waals surface area contributed by atoms with Gasteiger partial charge in [-0.15, -0.1) is 0 Å². The number of halogens is 1. The van der Waals surface area contributed by atoms with Gasteiger partial charge in [0.1, 0.15) is 19.8 Å². The molecule has 3 N–H and O–H groups in total. The van der Waals surface area contributed by atoms with Crippen molar-refractivity contribution < 1.29 is 19.0 Å². The van der Waals surface area contributed by atoms with Gasteiger partial charge in [0, 0.05) is 13.1 Å². The second kappa shape index (κ2) is 6.63. The summed E-state index contributed by atoms with van der Waals surface area (Å²) in [6.45, 7) is 2.55. The lowest BCUT2D eigenvalue weighted by Gasteiger charge is -2.20. The molecule has 19 heavy (non-hydrogen) atoms. The first-order valence-electron chi connectivity index (χ1n) is 5.88. The lowest BCUT2D eigenvalue weighted by Crippen LogP contribution is -2.23. The van der Waals surface area contributed by atoms with E-state index >= 15 is 0 Å². The molecule has 0 spiro atoms. The van der Waals surface area contributed by atoms with Crippen LogP contribution in [0.25, 0.3) is 0 Å². The predicted molar refractivity (Wildman–Crippen MR) is 72.4 cm³/mol. The zero-order valence-corrected chi connectivity index (χ0v) is 11.9. The number of primary amides is 1. The van der Waals surface area contributed by atoms with Gasteiger partial charge in [-0.1, -0.05) is 0 Å². The molecule has 104 valence electrons. The molecule has 1 aromatic carbocycles. The minimum Gasteiger partial charge on any atom is -0.486 e. The molecule has 0 aliphatic carbocycles. The van der Waals surface area contributed by atoms with E-state index in [9.17, 15) is 4.79 Å². The van der Waals surface area contributed by atoms with Crippen molar-refractivity contribution in [3.8, 4) is 11.5 Å². The lowest BCUT2D eigenvalue weighted by molar-refractivity contribution is 0.157. The summed E-state index contributed by atoms with van der Waals surface area (Å²) in [5, 5.41) is 3.14. The van der Waals surface area contributed by atoms with Gasteiger partial charge in [-0.3, -0.25) is 0 Å². The number of benzene rings is 1. The highest BCUT2D eigenvalue weighted by atomic mass is 79.9. The van der Waals surface area contributed by atoms with Crippen molar-refractivity contribution in [1.82, 2.24) is 5.32 Å². The summed E-state index contributed by atoms with van der Waals surface area (Å²) in [5.74, 6) is 1.48. The molecule has 1 aliphatic heterocycles. The van der Waals surface area contributed by atoms with Gasteiger partial charge in [0.2, 0.25) is 0 Å². The fraction of sp³-hybridized carbons (Fsp3) is 0.417. The van der Waals surface area contributed by atoms with Gasteiger partial charge in [-0.25, -0.2) is 4.79 Å². The first kappa shape index (κ1) is 14.0. The quantitative estimate of drug-likeness (QED) is 0.797. The van der Waals surface area contributed by atoms with E-state index in [1.807, 2.05) is 12.1 Å². The minimum absolute atomic E-state index is 0.251. The van der Waals surface area contributed by atoms with Crippen LogP contribution >= 0.6 is 15.9 Å². The normalized spacial score (nSPS) is 13.1. The van der Waals surface area contributed by atoms with Crippen LogP contribution in [0.3, 0.4) is 0 Å². The number of fused-ring (bicyclic) bond motifs is 1. The molecule has 1 heterocycles. The fourth-order valence-electron chi connectivity index (χ4n) is 1.72. The Morgan fingerprint density at radius 1 is 1.42 bits per heavy atom. The molecule has 2 rings (SSSR count). The third kappa shape index (κ3) is 4.00. The van der Waals surface area contributed by atoms with Crippen LogP contribution in [0.4, 0.5) is 4.79 Å². The second-order valence-corrected chi connectivity index (χ2v) is 4.80. The average molecular weight is 331 g/mol. The van der Waals surface area contributed by atoms with Crippen molar-refractivity contribution in [2.75, 3.05) is 26.4 Å². The number of amides is 1. The van der Waals surface area contributed by atoms with E-state index in [2.05, 4.69) is 26.0 Å². The largest absolute Gasteiger partial charge is 0.486 e. The SMILES string of the molecule is NC(=O)OCCNCc1cc(Br)c2c(c1)OCCO2. The highest BCUT2D eigenvalue weighted by Crippen LogP contribution is 2.38. The smallest absolute Gasteiger partial charge is 0.404 e. The van der Waals surface area contributed by atoms with Gasteiger partial charge in [-0.2, -0.15) is 0 Å². The van der Waals surface area contributed by atoms with E-state index < -0.39 is 6.09 Å². The highest BCUT2D eigenvalue weighted by molar-refractivity contribution is 9.10. The molecule has 0 radical (unpaired) electrons. The average Bonchev–Trinajstić information content (AvgIpc) is 2.38. The Hall–Kier alpha value is -1.47. The molecule has 0 fully saturated rings. The molecule has 6 nitrogen and oxygen atoms in total. The van der Waals surface area contributed by atoms with E-state index in [0.29, 0.717) is 26.3 Å². The van der Waals surface area contributed by atoms with Gasteiger partial charge in [0.05, 0.1) is 4.47 Å². The maximum Gasteiger partial charge on any atom is 0.404 e. The third-order valence-corrected chi connectivity index (χ3v) is 3.10. The Morgan fingerprint density at radius 3 is 3.00 bits per heavy atom. The number of nitrogens with two attached hydrogens (primary N) is 1. The summed E-state index contributed by atoms with van der Waals surface area (Å²) in [6.07, 6.45) is -0.760. The zero-order chi connectivity index (χ0) is 13.7. The summed E-state index contributed by atoms with van der Waals surface area (Å²) in [5.41, 5.74) is 5.91. The van der Waals surface area contributed by atoms with Gasteiger partial charge in [0.25, 0.3) is 0 Å². The van der Waals surface area contributed by atoms with Crippen LogP contribution in [-0.4, -0.2) is 32.5 Å². The fourth-order valence-corrected chi connectivity index (χ4v) is 2.33. The molecular weight excluding hydrogens is 316 g/mol. The summed E-state index contributed by atoms with van der Waals surface area (Å²) in [6, 6.07) is 3.90. The summed E-state index contributed by atoms with van der Waals surface area (Å²) in [4.78, 5) is 10.4. The number of carbonyl (C=O) groups excluding carboxylic acids is 1. The summed E-state index contributed by atoms with van der Waals surface area (Å²) in [7, 11) is 0. The molecule has 7 heteroatoms. The minimum atomic E-state index is -0.760. The lowest BCUT2D eigenvalue weighted by atomic mass is 10.2. The first-order valence-corrected chi connectivity index (χ1v) is 6.67. The molecule has 0 aromatic heterocycles. The van der Waals surface area contributed by atoms with Crippen LogP contribution in [0.15, 0.2) is 16.6 Å². The Balaban J connectivity index is 1.87. The number of hydrogen-bond donors (Lipinski definition) is 2. The maximum absolute atomic E-state index is 10.4. The molecule has 1 aliphatic rings. The number of carbonyl (C=O) groups is 1. The third-order valence-electron chi connectivity index (χ3n) is 2.51. The standard InChI is InChI=1S/C12H15BrN2O4/c13-9-5-8(7-15-1-2-19-12(14)16)6-10-11(9)18-4-3-17-10/h5-6,15H,1-4,7H2,(H2,14,16). The number of nitrogens with one attached hydrogen (secondary N) is 1. The Labute approximate surface area is 119 Å². The molecule has 0 saturated heterocycles. The highest BCUT2D eigenvalue weighted by Gasteiger charge is 2.16. The van der Waals surface area contributed by atoms with Crippen molar-refractivity contribution in [3.05, 3.63) is 22.2 Å². The second-order valence-electron chi connectivity index (χ2n) is 3.95.